The highest BCUT2D eigenvalue weighted by Gasteiger charge is 2.41. The van der Waals surface area contributed by atoms with E-state index in [0.29, 0.717) is 40.2 Å². The number of carbonyl (C=O) groups excluding carboxylic acids is 1. The lowest BCUT2D eigenvalue weighted by atomic mass is 9.97. The van der Waals surface area contributed by atoms with E-state index in [1.807, 2.05) is 12.1 Å². The predicted molar refractivity (Wildman–Crippen MR) is 107 cm³/mol. The molecule has 1 aromatic heterocycles. The summed E-state index contributed by atoms with van der Waals surface area (Å²) in [6.45, 7) is 1.35. The molecule has 10 heteroatoms. The van der Waals surface area contributed by atoms with Crippen LogP contribution in [0.3, 0.4) is 0 Å². The first-order valence-corrected chi connectivity index (χ1v) is 11.3. The predicted octanol–water partition coefficient (Wildman–Crippen LogP) is 1.27. The van der Waals surface area contributed by atoms with Crippen molar-refractivity contribution in [2.45, 2.75) is 25.3 Å². The van der Waals surface area contributed by atoms with E-state index in [1.165, 1.54) is 11.6 Å². The Hall–Kier alpha value is -2.72. The molecule has 1 saturated heterocycles. The van der Waals surface area contributed by atoms with Gasteiger partial charge in [-0.15, -0.1) is 0 Å². The number of hydrogen-bond donors (Lipinski definition) is 2. The standard InChI is InChI=1S/C20H21FN4O4S/c21-19-16-10-24(9-14-7-15(14)12-1-4-22-5-2-12)6-3-13(16)8-17(26)20(19)25-11-18(27)23-30(25,28)29/h1-2,4-5,8,14-15,26H,3,6-7,9-11H2,(H,23,27)/t14-,15-/m1/s1. The van der Waals surface area contributed by atoms with Gasteiger partial charge < -0.3 is 5.11 Å². The quantitative estimate of drug-likeness (QED) is 0.754. The van der Waals surface area contributed by atoms with E-state index in [-0.39, 0.29) is 0 Å². The summed E-state index contributed by atoms with van der Waals surface area (Å²) in [6.07, 6.45) is 5.22. The number of nitrogens with one attached hydrogen (secondary N) is 1. The van der Waals surface area contributed by atoms with Crippen LogP contribution in [0.15, 0.2) is 30.6 Å². The molecule has 2 fully saturated rings. The normalized spacial score (nSPS) is 25.1. The van der Waals surface area contributed by atoms with E-state index >= 15 is 4.39 Å². The fourth-order valence-corrected chi connectivity index (χ4v) is 5.69. The highest BCUT2D eigenvalue weighted by atomic mass is 32.2. The second kappa shape index (κ2) is 6.92. The average Bonchev–Trinajstić information content (AvgIpc) is 3.41. The Morgan fingerprint density at radius 2 is 2.03 bits per heavy atom. The van der Waals surface area contributed by atoms with Crippen molar-refractivity contribution in [1.82, 2.24) is 14.6 Å². The zero-order valence-electron chi connectivity index (χ0n) is 16.1. The Morgan fingerprint density at radius 3 is 2.73 bits per heavy atom. The Labute approximate surface area is 173 Å². The zero-order chi connectivity index (χ0) is 21.0. The van der Waals surface area contributed by atoms with Crippen LogP contribution >= 0.6 is 0 Å². The molecule has 0 unspecified atom stereocenters. The monoisotopic (exact) mass is 432 g/mol. The second-order valence-electron chi connectivity index (χ2n) is 8.10. The van der Waals surface area contributed by atoms with Crippen LogP contribution in [0.1, 0.15) is 29.0 Å². The van der Waals surface area contributed by atoms with Crippen molar-refractivity contribution < 1.29 is 22.7 Å². The van der Waals surface area contributed by atoms with E-state index in [9.17, 15) is 18.3 Å². The fourth-order valence-electron chi connectivity index (χ4n) is 4.53. The molecule has 2 aromatic rings. The largest absolute Gasteiger partial charge is 0.506 e. The summed E-state index contributed by atoms with van der Waals surface area (Å²) >= 11 is 0. The molecule has 3 heterocycles. The minimum atomic E-state index is -4.21. The van der Waals surface area contributed by atoms with E-state index in [2.05, 4.69) is 9.88 Å². The summed E-state index contributed by atoms with van der Waals surface area (Å²) in [5.41, 5.74) is 1.85. The molecule has 2 N–H and O–H groups in total. The lowest BCUT2D eigenvalue weighted by Gasteiger charge is -2.31. The van der Waals surface area contributed by atoms with Gasteiger partial charge >= 0.3 is 10.2 Å². The number of carbonyl (C=O) groups is 1. The van der Waals surface area contributed by atoms with E-state index < -0.39 is 39.9 Å². The van der Waals surface area contributed by atoms with Crippen molar-refractivity contribution in [3.05, 3.63) is 53.1 Å². The minimum Gasteiger partial charge on any atom is -0.506 e. The molecule has 1 aliphatic carbocycles. The van der Waals surface area contributed by atoms with Crippen molar-refractivity contribution >= 4 is 21.8 Å². The summed E-state index contributed by atoms with van der Waals surface area (Å²) in [7, 11) is -4.21. The number of pyridine rings is 1. The topological polar surface area (TPSA) is 103 Å². The van der Waals surface area contributed by atoms with Gasteiger partial charge in [-0.3, -0.25) is 14.7 Å². The van der Waals surface area contributed by atoms with Gasteiger partial charge in [0.25, 0.3) is 5.91 Å². The number of phenolic OH excluding ortho intramolecular Hbond substituents is 1. The average molecular weight is 432 g/mol. The number of hydrogen-bond acceptors (Lipinski definition) is 6. The highest BCUT2D eigenvalue weighted by molar-refractivity contribution is 7.92. The molecular formula is C20H21FN4O4S. The van der Waals surface area contributed by atoms with Gasteiger partial charge in [0, 0.05) is 37.6 Å². The molecule has 158 valence electrons. The number of fused-ring (bicyclic) bond motifs is 1. The molecule has 30 heavy (non-hydrogen) atoms. The van der Waals surface area contributed by atoms with Crippen molar-refractivity contribution in [3.63, 3.8) is 0 Å². The summed E-state index contributed by atoms with van der Waals surface area (Å²) in [5.74, 6) is -1.03. The molecular weight excluding hydrogens is 411 g/mol. The zero-order valence-corrected chi connectivity index (χ0v) is 16.9. The van der Waals surface area contributed by atoms with Crippen LogP contribution in [0, 0.1) is 11.7 Å². The lowest BCUT2D eigenvalue weighted by molar-refractivity contribution is -0.117. The molecule has 1 aromatic carbocycles. The number of anilines is 1. The van der Waals surface area contributed by atoms with Crippen molar-refractivity contribution in [2.24, 2.45) is 5.92 Å². The number of nitrogens with zero attached hydrogens (tertiary/aromatic N) is 3. The molecule has 8 nitrogen and oxygen atoms in total. The summed E-state index contributed by atoms with van der Waals surface area (Å²) < 4.78 is 42.0. The van der Waals surface area contributed by atoms with Crippen LogP contribution in [0.2, 0.25) is 0 Å². The maximum atomic E-state index is 15.4. The van der Waals surface area contributed by atoms with Gasteiger partial charge in [-0.1, -0.05) is 0 Å². The number of rotatable bonds is 4. The van der Waals surface area contributed by atoms with Crippen LogP contribution in [-0.2, 0) is 28.0 Å². The third-order valence-electron chi connectivity index (χ3n) is 6.11. The maximum Gasteiger partial charge on any atom is 0.326 e. The molecule has 0 bridgehead atoms. The van der Waals surface area contributed by atoms with E-state index in [1.54, 1.807) is 17.1 Å². The van der Waals surface area contributed by atoms with Gasteiger partial charge in [-0.05, 0) is 54.0 Å². The third kappa shape index (κ3) is 3.29. The molecule has 1 saturated carbocycles. The van der Waals surface area contributed by atoms with Gasteiger partial charge in [0.1, 0.15) is 18.0 Å². The first-order chi connectivity index (χ1) is 14.3. The number of benzene rings is 1. The van der Waals surface area contributed by atoms with E-state index in [0.717, 1.165) is 19.5 Å². The minimum absolute atomic E-state index is 0.337. The summed E-state index contributed by atoms with van der Waals surface area (Å²) in [6, 6.07) is 5.47. The molecule has 1 amide bonds. The van der Waals surface area contributed by atoms with Gasteiger partial charge in [0.15, 0.2) is 5.82 Å². The second-order valence-corrected chi connectivity index (χ2v) is 9.70. The van der Waals surface area contributed by atoms with Crippen molar-refractivity contribution in [2.75, 3.05) is 23.9 Å². The summed E-state index contributed by atoms with van der Waals surface area (Å²) in [4.78, 5) is 17.7. The van der Waals surface area contributed by atoms with Crippen LogP contribution < -0.4 is 9.03 Å². The van der Waals surface area contributed by atoms with Crippen molar-refractivity contribution in [1.29, 1.82) is 0 Å². The fraction of sp³-hybridized carbons (Fsp3) is 0.400. The summed E-state index contributed by atoms with van der Waals surface area (Å²) in [5, 5.41) is 10.3. The molecule has 3 aliphatic rings. The van der Waals surface area contributed by atoms with Crippen LogP contribution in [-0.4, -0.2) is 48.9 Å². The number of amides is 1. The number of aromatic nitrogens is 1. The Balaban J connectivity index is 1.37. The van der Waals surface area contributed by atoms with Gasteiger partial charge in [-0.25, -0.2) is 13.4 Å². The van der Waals surface area contributed by atoms with Crippen LogP contribution in [0.4, 0.5) is 10.1 Å². The van der Waals surface area contributed by atoms with Gasteiger partial charge in [-0.2, -0.15) is 8.42 Å². The smallest absolute Gasteiger partial charge is 0.326 e. The Bertz CT molecular complexity index is 1130. The van der Waals surface area contributed by atoms with E-state index in [4.69, 9.17) is 0 Å². The number of aromatic hydroxyl groups is 1. The Morgan fingerprint density at radius 1 is 1.27 bits per heavy atom. The number of phenols is 1. The van der Waals surface area contributed by atoms with Gasteiger partial charge in [0.2, 0.25) is 0 Å². The molecule has 0 spiro atoms. The first kappa shape index (κ1) is 19.3. The third-order valence-corrected chi connectivity index (χ3v) is 7.49. The van der Waals surface area contributed by atoms with Crippen LogP contribution in [0.5, 0.6) is 5.75 Å². The highest BCUT2D eigenvalue weighted by Crippen LogP contribution is 2.48. The SMILES string of the molecule is O=C1CN(c2c(O)cc3c(c2F)CN(C[C@H]2C[C@@H]2c2ccncc2)CC3)S(=O)(=O)N1. The maximum absolute atomic E-state index is 15.4. The lowest BCUT2D eigenvalue weighted by Crippen LogP contribution is -2.34. The first-order valence-electron chi connectivity index (χ1n) is 9.82. The van der Waals surface area contributed by atoms with Crippen molar-refractivity contribution in [3.8, 4) is 5.75 Å². The van der Waals surface area contributed by atoms with Gasteiger partial charge in [0.05, 0.1) is 0 Å². The van der Waals surface area contributed by atoms with Crippen LogP contribution in [0.25, 0.3) is 0 Å². The number of halogens is 1. The molecule has 5 rings (SSSR count). The molecule has 2 aliphatic heterocycles. The molecule has 2 atom stereocenters. The Kier molecular flexibility index (Phi) is 4.44. The molecule has 0 radical (unpaired) electrons.